The normalized spacial score (nSPS) is 14.8. The van der Waals surface area contributed by atoms with Gasteiger partial charge >= 0.3 is 5.97 Å². The molecule has 0 aliphatic carbocycles. The van der Waals surface area contributed by atoms with Gasteiger partial charge in [-0.2, -0.15) is 0 Å². The van der Waals surface area contributed by atoms with Crippen LogP contribution in [-0.2, 0) is 16.1 Å². The number of carbonyl (C=O) groups excluding carboxylic acids is 1. The van der Waals surface area contributed by atoms with E-state index in [1.54, 1.807) is 41.0 Å². The second kappa shape index (κ2) is 12.8. The van der Waals surface area contributed by atoms with Crippen LogP contribution in [0.1, 0.15) is 36.1 Å². The van der Waals surface area contributed by atoms with Gasteiger partial charge in [0.15, 0.2) is 16.3 Å². The molecule has 1 aliphatic heterocycles. The largest absolute Gasteiger partial charge is 0.493 e. The number of halogens is 3. The molecule has 11 heteroatoms. The molecule has 1 aliphatic rings. The van der Waals surface area contributed by atoms with Crippen molar-refractivity contribution in [1.29, 1.82) is 0 Å². The highest BCUT2D eigenvalue weighted by atomic mass is 35.5. The molecule has 0 spiro atoms. The summed E-state index contributed by atoms with van der Waals surface area (Å²) in [7, 11) is 2.83. The van der Waals surface area contributed by atoms with Gasteiger partial charge in [0, 0.05) is 15.6 Å². The van der Waals surface area contributed by atoms with E-state index in [2.05, 4.69) is 0 Å². The van der Waals surface area contributed by atoms with Crippen molar-refractivity contribution < 1.29 is 19.0 Å². The number of allylic oxidation sites excluding steroid dienone is 1. The van der Waals surface area contributed by atoms with Crippen molar-refractivity contribution in [3.63, 3.8) is 0 Å². The third kappa shape index (κ3) is 5.85. The summed E-state index contributed by atoms with van der Waals surface area (Å²) in [6, 6.07) is 17.2. The molecule has 5 rings (SSSR count). The fourth-order valence-corrected chi connectivity index (χ4v) is 6.47. The zero-order valence-corrected chi connectivity index (χ0v) is 25.9. The average Bonchev–Trinajstić information content (AvgIpc) is 3.30. The van der Waals surface area contributed by atoms with E-state index >= 15 is 0 Å². The minimum absolute atomic E-state index is 0.145. The molecule has 216 valence electrons. The molecule has 0 saturated heterocycles. The molecule has 2 heterocycles. The summed E-state index contributed by atoms with van der Waals surface area (Å²) in [5.41, 5.74) is 2.76. The van der Waals surface area contributed by atoms with Gasteiger partial charge in [-0.05, 0) is 47.9 Å². The van der Waals surface area contributed by atoms with Crippen LogP contribution in [0.3, 0.4) is 0 Å². The molecule has 0 fully saturated rings. The number of nitrogens with zero attached hydrogens (tertiary/aromatic N) is 2. The number of rotatable bonds is 8. The van der Waals surface area contributed by atoms with Crippen molar-refractivity contribution in [2.45, 2.75) is 26.0 Å². The molecule has 0 N–H and O–H groups in total. The van der Waals surface area contributed by atoms with E-state index < -0.39 is 12.0 Å². The highest BCUT2D eigenvalue weighted by Gasteiger charge is 2.33. The van der Waals surface area contributed by atoms with Crippen molar-refractivity contribution >= 4 is 58.2 Å². The first-order valence-corrected chi connectivity index (χ1v) is 14.8. The monoisotopic (exact) mass is 642 g/mol. The first-order chi connectivity index (χ1) is 20.2. The Hall–Kier alpha value is -3.56. The van der Waals surface area contributed by atoms with Crippen LogP contribution in [0.4, 0.5) is 0 Å². The molecule has 1 atom stereocenters. The maximum atomic E-state index is 13.9. The SMILES string of the molecule is CCC1=C(C(=O)OC)[C@H](c2ccccc2)n2c(s/c(=C\c3cc(Cl)c(OCc4ccc(Cl)cc4Cl)c(OC)c3)c2=O)=N1. The summed E-state index contributed by atoms with van der Waals surface area (Å²) in [6.45, 7) is 2.06. The van der Waals surface area contributed by atoms with Gasteiger partial charge in [0.25, 0.3) is 5.56 Å². The number of benzene rings is 3. The zero-order chi connectivity index (χ0) is 30.0. The molecule has 0 unspecified atom stereocenters. The van der Waals surface area contributed by atoms with Crippen LogP contribution in [0.5, 0.6) is 11.5 Å². The van der Waals surface area contributed by atoms with Crippen LogP contribution < -0.4 is 24.4 Å². The summed E-state index contributed by atoms with van der Waals surface area (Å²) >= 11 is 20.1. The van der Waals surface area contributed by atoms with Gasteiger partial charge in [-0.15, -0.1) is 0 Å². The van der Waals surface area contributed by atoms with Gasteiger partial charge in [0.1, 0.15) is 6.61 Å². The van der Waals surface area contributed by atoms with E-state index in [9.17, 15) is 9.59 Å². The third-order valence-corrected chi connectivity index (χ3v) is 8.55. The summed E-state index contributed by atoms with van der Waals surface area (Å²) in [6.07, 6.45) is 2.21. The predicted octanol–water partition coefficient (Wildman–Crippen LogP) is 6.35. The number of hydrogen-bond acceptors (Lipinski definition) is 7. The Morgan fingerprint density at radius 2 is 1.81 bits per heavy atom. The fraction of sp³-hybridized carbons (Fsp3) is 0.194. The average molecular weight is 644 g/mol. The van der Waals surface area contributed by atoms with Crippen molar-refractivity contribution in [1.82, 2.24) is 4.57 Å². The molecule has 4 aromatic rings. The number of esters is 1. The maximum Gasteiger partial charge on any atom is 0.338 e. The summed E-state index contributed by atoms with van der Waals surface area (Å²) in [5, 5.41) is 1.29. The topological polar surface area (TPSA) is 79.1 Å². The quantitative estimate of drug-likeness (QED) is 0.209. The van der Waals surface area contributed by atoms with E-state index in [-0.39, 0.29) is 12.2 Å². The second-order valence-corrected chi connectivity index (χ2v) is 11.5. The summed E-state index contributed by atoms with van der Waals surface area (Å²) < 4.78 is 18.6. The Morgan fingerprint density at radius 1 is 1.05 bits per heavy atom. The van der Waals surface area contributed by atoms with Crippen molar-refractivity contribution in [3.8, 4) is 11.5 Å². The summed E-state index contributed by atoms with van der Waals surface area (Å²) in [5.74, 6) is 0.198. The van der Waals surface area contributed by atoms with Gasteiger partial charge < -0.3 is 14.2 Å². The second-order valence-electron chi connectivity index (χ2n) is 9.26. The lowest BCUT2D eigenvalue weighted by molar-refractivity contribution is -0.136. The molecule has 0 radical (unpaired) electrons. The molecule has 0 bridgehead atoms. The lowest BCUT2D eigenvalue weighted by Gasteiger charge is -2.25. The van der Waals surface area contributed by atoms with Gasteiger partial charge in [0.05, 0.1) is 41.1 Å². The highest BCUT2D eigenvalue weighted by molar-refractivity contribution is 7.07. The number of methoxy groups -OCH3 is 2. The van der Waals surface area contributed by atoms with Gasteiger partial charge in [-0.25, -0.2) is 9.79 Å². The maximum absolute atomic E-state index is 13.9. The number of carbonyl (C=O) groups is 1. The Bertz CT molecular complexity index is 1880. The van der Waals surface area contributed by atoms with Crippen LogP contribution >= 0.6 is 46.1 Å². The Balaban J connectivity index is 1.58. The number of ether oxygens (including phenoxy) is 3. The first-order valence-electron chi connectivity index (χ1n) is 12.9. The van der Waals surface area contributed by atoms with Crippen LogP contribution in [0, 0.1) is 0 Å². The zero-order valence-electron chi connectivity index (χ0n) is 22.8. The Labute approximate surface area is 260 Å². The van der Waals surface area contributed by atoms with Crippen LogP contribution in [0.25, 0.3) is 6.08 Å². The minimum atomic E-state index is -0.680. The fourth-order valence-electron chi connectivity index (χ4n) is 4.72. The lowest BCUT2D eigenvalue weighted by atomic mass is 9.95. The van der Waals surface area contributed by atoms with Gasteiger partial charge in [-0.3, -0.25) is 9.36 Å². The Kier molecular flexibility index (Phi) is 9.08. The van der Waals surface area contributed by atoms with E-state index in [1.807, 2.05) is 37.3 Å². The number of thiazole rings is 1. The lowest BCUT2D eigenvalue weighted by Crippen LogP contribution is -2.40. The first kappa shape index (κ1) is 29.9. The number of aromatic nitrogens is 1. The van der Waals surface area contributed by atoms with Crippen LogP contribution in [-0.4, -0.2) is 24.8 Å². The van der Waals surface area contributed by atoms with Gasteiger partial charge in [0.2, 0.25) is 0 Å². The molecule has 42 heavy (non-hydrogen) atoms. The van der Waals surface area contributed by atoms with Crippen LogP contribution in [0.15, 0.2) is 81.7 Å². The summed E-state index contributed by atoms with van der Waals surface area (Å²) in [4.78, 5) is 32.0. The van der Waals surface area contributed by atoms with E-state index in [0.29, 0.717) is 59.2 Å². The molecule has 0 saturated carbocycles. The number of hydrogen-bond donors (Lipinski definition) is 0. The van der Waals surface area contributed by atoms with Crippen molar-refractivity contribution in [2.75, 3.05) is 14.2 Å². The smallest absolute Gasteiger partial charge is 0.338 e. The molecular weight excluding hydrogens is 619 g/mol. The molecule has 1 aromatic heterocycles. The van der Waals surface area contributed by atoms with E-state index in [0.717, 1.165) is 11.1 Å². The molecule has 0 amide bonds. The third-order valence-electron chi connectivity index (χ3n) is 6.70. The number of fused-ring (bicyclic) bond motifs is 1. The van der Waals surface area contributed by atoms with Crippen molar-refractivity contribution in [2.24, 2.45) is 4.99 Å². The van der Waals surface area contributed by atoms with Gasteiger partial charge in [-0.1, -0.05) is 89.5 Å². The standard InChI is InChI=1S/C31H25Cl3N2O5S/c1-4-23-26(30(38)40-3)27(18-8-6-5-7-9-18)36-29(37)25(42-31(36)35-23)14-17-12-22(34)28(24(13-17)39-2)41-16-19-10-11-20(32)15-21(19)33/h5-15,27H,4,16H2,1-3H3/b25-14-/t27-/m0/s1. The Morgan fingerprint density at radius 3 is 2.48 bits per heavy atom. The van der Waals surface area contributed by atoms with Crippen molar-refractivity contribution in [3.05, 3.63) is 123 Å². The molecular formula is C31H25Cl3N2O5S. The van der Waals surface area contributed by atoms with E-state index in [4.69, 9.17) is 54.0 Å². The highest BCUT2D eigenvalue weighted by Crippen LogP contribution is 2.38. The predicted molar refractivity (Wildman–Crippen MR) is 166 cm³/mol. The van der Waals surface area contributed by atoms with Crippen LogP contribution in [0.2, 0.25) is 15.1 Å². The molecule has 7 nitrogen and oxygen atoms in total. The minimum Gasteiger partial charge on any atom is -0.493 e. The molecule has 3 aromatic carbocycles. The van der Waals surface area contributed by atoms with E-state index in [1.165, 1.54) is 25.6 Å².